The molecule has 0 saturated carbocycles. The van der Waals surface area contributed by atoms with E-state index in [-0.39, 0.29) is 11.8 Å². The molecule has 0 aliphatic carbocycles. The van der Waals surface area contributed by atoms with E-state index in [2.05, 4.69) is 10.3 Å². The van der Waals surface area contributed by atoms with Crippen molar-refractivity contribution < 1.29 is 9.53 Å². The van der Waals surface area contributed by atoms with Gasteiger partial charge in [0.2, 0.25) is 5.91 Å². The quantitative estimate of drug-likeness (QED) is 0.649. The highest BCUT2D eigenvalue weighted by Crippen LogP contribution is 2.25. The Hall–Kier alpha value is -2.66. The van der Waals surface area contributed by atoms with Gasteiger partial charge < -0.3 is 10.1 Å². The second-order valence-corrected chi connectivity index (χ2v) is 7.13. The maximum atomic E-state index is 12.6. The Kier molecular flexibility index (Phi) is 6.02. The lowest BCUT2D eigenvalue weighted by Gasteiger charge is -2.14. The van der Waals surface area contributed by atoms with Gasteiger partial charge in [0, 0.05) is 17.5 Å². The second-order valence-electron chi connectivity index (χ2n) is 6.02. The van der Waals surface area contributed by atoms with E-state index in [0.717, 1.165) is 29.0 Å². The normalized spacial score (nSPS) is 11.8. The summed E-state index contributed by atoms with van der Waals surface area (Å²) in [6.07, 6.45) is 3.36. The highest BCUT2D eigenvalue weighted by Gasteiger charge is 2.19. The summed E-state index contributed by atoms with van der Waals surface area (Å²) in [4.78, 5) is 18.1. The van der Waals surface area contributed by atoms with Crippen LogP contribution in [0.2, 0.25) is 0 Å². The molecule has 1 atom stereocenters. The van der Waals surface area contributed by atoms with E-state index < -0.39 is 0 Å². The van der Waals surface area contributed by atoms with Crippen LogP contribution in [0.4, 0.5) is 5.13 Å². The molecule has 3 aromatic rings. The van der Waals surface area contributed by atoms with Crippen LogP contribution < -0.4 is 10.1 Å². The Bertz CT molecular complexity index is 844. The highest BCUT2D eigenvalue weighted by atomic mass is 32.1. The number of methoxy groups -OCH3 is 1. The molecule has 26 heavy (non-hydrogen) atoms. The maximum Gasteiger partial charge on any atom is 0.233 e. The van der Waals surface area contributed by atoms with Crippen LogP contribution in [0.1, 0.15) is 35.3 Å². The zero-order chi connectivity index (χ0) is 18.4. The number of amides is 1. The van der Waals surface area contributed by atoms with E-state index in [4.69, 9.17) is 4.74 Å². The number of anilines is 1. The number of ether oxygens (including phenoxy) is 1. The molecule has 0 radical (unpaired) electrons. The zero-order valence-electron chi connectivity index (χ0n) is 14.9. The molecule has 1 heterocycles. The standard InChI is InChI=1S/C21H22N2O2S/c1-3-19(16-7-5-4-6-8-16)20(24)23-21-22-14-18(26-21)13-15-9-11-17(25-2)12-10-15/h4-12,14,19H,3,13H2,1-2H3,(H,22,23,24). The van der Waals surface area contributed by atoms with Gasteiger partial charge in [0.05, 0.1) is 13.0 Å². The molecule has 1 aromatic heterocycles. The van der Waals surface area contributed by atoms with Gasteiger partial charge in [-0.1, -0.05) is 49.4 Å². The molecule has 0 aliphatic heterocycles. The SMILES string of the molecule is CCC(C(=O)Nc1ncc(Cc2ccc(OC)cc2)s1)c1ccccc1. The van der Waals surface area contributed by atoms with Crippen LogP contribution in [0.15, 0.2) is 60.8 Å². The van der Waals surface area contributed by atoms with Gasteiger partial charge in [-0.05, 0) is 29.7 Å². The van der Waals surface area contributed by atoms with Crippen LogP contribution in [-0.2, 0) is 11.2 Å². The lowest BCUT2D eigenvalue weighted by atomic mass is 9.96. The van der Waals surface area contributed by atoms with E-state index in [1.165, 1.54) is 16.9 Å². The molecule has 0 saturated heterocycles. The van der Waals surface area contributed by atoms with Crippen molar-refractivity contribution in [1.29, 1.82) is 0 Å². The topological polar surface area (TPSA) is 51.2 Å². The molecule has 5 heteroatoms. The number of hydrogen-bond donors (Lipinski definition) is 1. The maximum absolute atomic E-state index is 12.6. The smallest absolute Gasteiger partial charge is 0.233 e. The monoisotopic (exact) mass is 366 g/mol. The average Bonchev–Trinajstić information content (AvgIpc) is 3.10. The molecule has 1 N–H and O–H groups in total. The minimum atomic E-state index is -0.162. The molecule has 3 rings (SSSR count). The third-order valence-corrected chi connectivity index (χ3v) is 5.16. The zero-order valence-corrected chi connectivity index (χ0v) is 15.8. The third-order valence-electron chi connectivity index (χ3n) is 4.25. The van der Waals surface area contributed by atoms with E-state index in [9.17, 15) is 4.79 Å². The molecule has 0 fully saturated rings. The van der Waals surface area contributed by atoms with Crippen LogP contribution >= 0.6 is 11.3 Å². The minimum absolute atomic E-state index is 0.0101. The molecule has 0 aliphatic rings. The van der Waals surface area contributed by atoms with Crippen molar-refractivity contribution in [3.05, 3.63) is 76.8 Å². The molecule has 1 amide bonds. The number of carbonyl (C=O) groups excluding carboxylic acids is 1. The van der Waals surface area contributed by atoms with E-state index in [1.54, 1.807) is 7.11 Å². The Morgan fingerprint density at radius 2 is 1.88 bits per heavy atom. The largest absolute Gasteiger partial charge is 0.497 e. The number of aromatic nitrogens is 1. The first-order valence-corrected chi connectivity index (χ1v) is 9.44. The van der Waals surface area contributed by atoms with Crippen molar-refractivity contribution in [2.45, 2.75) is 25.7 Å². The summed E-state index contributed by atoms with van der Waals surface area (Å²) in [6.45, 7) is 2.02. The highest BCUT2D eigenvalue weighted by molar-refractivity contribution is 7.15. The molecule has 0 bridgehead atoms. The number of nitrogens with zero attached hydrogens (tertiary/aromatic N) is 1. The predicted octanol–water partition coefficient (Wildman–Crippen LogP) is 4.87. The first-order valence-electron chi connectivity index (χ1n) is 8.63. The molecule has 134 valence electrons. The van der Waals surface area contributed by atoms with Crippen molar-refractivity contribution in [2.75, 3.05) is 12.4 Å². The van der Waals surface area contributed by atoms with Crippen molar-refractivity contribution in [1.82, 2.24) is 4.98 Å². The number of rotatable bonds is 7. The average molecular weight is 366 g/mol. The summed E-state index contributed by atoms with van der Waals surface area (Å²) in [5.41, 5.74) is 2.21. The van der Waals surface area contributed by atoms with Crippen molar-refractivity contribution in [3.8, 4) is 5.75 Å². The third kappa shape index (κ3) is 4.49. The summed E-state index contributed by atoms with van der Waals surface area (Å²) in [5, 5.41) is 3.61. The van der Waals surface area contributed by atoms with Gasteiger partial charge in [-0.25, -0.2) is 4.98 Å². The van der Waals surface area contributed by atoms with Gasteiger partial charge in [-0.2, -0.15) is 0 Å². The van der Waals surface area contributed by atoms with Crippen LogP contribution in [0.5, 0.6) is 5.75 Å². The lowest BCUT2D eigenvalue weighted by molar-refractivity contribution is -0.117. The van der Waals surface area contributed by atoms with Gasteiger partial charge in [0.15, 0.2) is 5.13 Å². The van der Waals surface area contributed by atoms with Gasteiger partial charge in [0.1, 0.15) is 5.75 Å². The summed E-state index contributed by atoms with van der Waals surface area (Å²) in [6, 6.07) is 17.8. The number of nitrogens with one attached hydrogen (secondary N) is 1. The fraction of sp³-hybridized carbons (Fsp3) is 0.238. The minimum Gasteiger partial charge on any atom is -0.497 e. The Morgan fingerprint density at radius 3 is 2.54 bits per heavy atom. The van der Waals surface area contributed by atoms with Crippen molar-refractivity contribution in [3.63, 3.8) is 0 Å². The number of thiazole rings is 1. The number of carbonyl (C=O) groups is 1. The Balaban J connectivity index is 1.64. The van der Waals surface area contributed by atoms with Crippen LogP contribution in [0.25, 0.3) is 0 Å². The summed E-state index contributed by atoms with van der Waals surface area (Å²) in [5.74, 6) is 0.673. The predicted molar refractivity (Wildman–Crippen MR) is 106 cm³/mol. The first-order chi connectivity index (χ1) is 12.7. The van der Waals surface area contributed by atoms with Crippen LogP contribution in [-0.4, -0.2) is 18.0 Å². The first kappa shape index (κ1) is 18.1. The van der Waals surface area contributed by atoms with Crippen LogP contribution in [0.3, 0.4) is 0 Å². The molecule has 1 unspecified atom stereocenters. The van der Waals surface area contributed by atoms with E-state index in [1.807, 2.05) is 67.7 Å². The van der Waals surface area contributed by atoms with Gasteiger partial charge in [-0.3, -0.25) is 4.79 Å². The lowest BCUT2D eigenvalue weighted by Crippen LogP contribution is -2.20. The van der Waals surface area contributed by atoms with Crippen molar-refractivity contribution in [2.24, 2.45) is 0 Å². The summed E-state index contributed by atoms with van der Waals surface area (Å²) in [7, 11) is 1.66. The van der Waals surface area contributed by atoms with E-state index in [0.29, 0.717) is 5.13 Å². The second kappa shape index (κ2) is 8.63. The number of benzene rings is 2. The summed E-state index contributed by atoms with van der Waals surface area (Å²) >= 11 is 1.51. The van der Waals surface area contributed by atoms with Gasteiger partial charge in [-0.15, -0.1) is 11.3 Å². The van der Waals surface area contributed by atoms with Crippen molar-refractivity contribution >= 4 is 22.4 Å². The Morgan fingerprint density at radius 1 is 1.15 bits per heavy atom. The fourth-order valence-electron chi connectivity index (χ4n) is 2.84. The Labute approximate surface area is 157 Å². The van der Waals surface area contributed by atoms with Crippen LogP contribution in [0, 0.1) is 0 Å². The number of hydrogen-bond acceptors (Lipinski definition) is 4. The van der Waals surface area contributed by atoms with Gasteiger partial charge >= 0.3 is 0 Å². The molecule has 0 spiro atoms. The van der Waals surface area contributed by atoms with E-state index >= 15 is 0 Å². The fourth-order valence-corrected chi connectivity index (χ4v) is 3.69. The molecule has 4 nitrogen and oxygen atoms in total. The summed E-state index contributed by atoms with van der Waals surface area (Å²) < 4.78 is 5.18. The van der Waals surface area contributed by atoms with Gasteiger partial charge in [0.25, 0.3) is 0 Å². The molecular formula is C21H22N2O2S. The molecular weight excluding hydrogens is 344 g/mol. The molecule has 2 aromatic carbocycles.